The molecule has 4 nitrogen and oxygen atoms in total. The quantitative estimate of drug-likeness (QED) is 0.824. The summed E-state index contributed by atoms with van der Waals surface area (Å²) in [7, 11) is 0. The molecule has 1 aromatic carbocycles. The zero-order valence-corrected chi connectivity index (χ0v) is 11.5. The zero-order chi connectivity index (χ0) is 14.1. The van der Waals surface area contributed by atoms with Crippen LogP contribution in [0.3, 0.4) is 0 Å². The van der Waals surface area contributed by atoms with E-state index in [0.29, 0.717) is 5.76 Å². The Labute approximate surface area is 118 Å². The third kappa shape index (κ3) is 2.41. The molecule has 1 aliphatic rings. The van der Waals surface area contributed by atoms with E-state index in [0.717, 1.165) is 30.7 Å². The molecule has 1 unspecified atom stereocenters. The monoisotopic (exact) mass is 270 g/mol. The van der Waals surface area contributed by atoms with Gasteiger partial charge in [-0.3, -0.25) is 4.79 Å². The number of carbonyl (C=O) groups excluding carboxylic acids is 1. The van der Waals surface area contributed by atoms with Crippen LogP contribution in [0.2, 0.25) is 0 Å². The first-order chi connectivity index (χ1) is 9.63. The van der Waals surface area contributed by atoms with Gasteiger partial charge in [-0.1, -0.05) is 6.07 Å². The second-order valence-electron chi connectivity index (χ2n) is 5.29. The van der Waals surface area contributed by atoms with Gasteiger partial charge in [-0.2, -0.15) is 0 Å². The van der Waals surface area contributed by atoms with Crippen LogP contribution < -0.4 is 11.1 Å². The minimum Gasteiger partial charge on any atom is -0.456 e. The number of amides is 1. The van der Waals surface area contributed by atoms with Gasteiger partial charge in [-0.15, -0.1) is 0 Å². The Balaban J connectivity index is 1.81. The lowest BCUT2D eigenvalue weighted by Crippen LogP contribution is -2.30. The van der Waals surface area contributed by atoms with Crippen LogP contribution in [0.4, 0.5) is 5.69 Å². The lowest BCUT2D eigenvalue weighted by molar-refractivity contribution is 0.0903. The zero-order valence-electron chi connectivity index (χ0n) is 11.5. The number of hydrogen-bond acceptors (Lipinski definition) is 3. The molecular formula is C16H18N2O2. The smallest absolute Gasteiger partial charge is 0.287 e. The first-order valence-electron chi connectivity index (χ1n) is 6.89. The summed E-state index contributed by atoms with van der Waals surface area (Å²) in [5.41, 5.74) is 9.00. The molecule has 4 heteroatoms. The molecular weight excluding hydrogens is 252 g/mol. The van der Waals surface area contributed by atoms with Gasteiger partial charge in [0.2, 0.25) is 0 Å². The maximum absolute atomic E-state index is 12.2. The number of hydrogen-bond donors (Lipinski definition) is 2. The van der Waals surface area contributed by atoms with Crippen LogP contribution in [0.25, 0.3) is 0 Å². The lowest BCUT2D eigenvalue weighted by Gasteiger charge is -2.26. The molecule has 1 aliphatic carbocycles. The summed E-state index contributed by atoms with van der Waals surface area (Å²) in [6.07, 6.45) is 3.02. The molecule has 1 atom stereocenters. The number of rotatable bonds is 2. The van der Waals surface area contributed by atoms with Gasteiger partial charge in [0.1, 0.15) is 5.76 Å². The Morgan fingerprint density at radius 2 is 2.20 bits per heavy atom. The first kappa shape index (κ1) is 12.8. The van der Waals surface area contributed by atoms with Crippen molar-refractivity contribution in [2.45, 2.75) is 32.2 Å². The third-order valence-electron chi connectivity index (χ3n) is 3.75. The molecule has 1 heterocycles. The van der Waals surface area contributed by atoms with E-state index in [9.17, 15) is 4.79 Å². The molecule has 2 aromatic rings. The van der Waals surface area contributed by atoms with E-state index in [-0.39, 0.29) is 11.9 Å². The van der Waals surface area contributed by atoms with E-state index in [1.165, 1.54) is 11.1 Å². The molecule has 0 spiro atoms. The molecule has 0 radical (unpaired) electrons. The number of carbonyl (C=O) groups is 1. The summed E-state index contributed by atoms with van der Waals surface area (Å²) in [6, 6.07) is 9.45. The van der Waals surface area contributed by atoms with Crippen molar-refractivity contribution >= 4 is 11.6 Å². The summed E-state index contributed by atoms with van der Waals surface area (Å²) < 4.78 is 5.36. The molecule has 0 saturated heterocycles. The maximum atomic E-state index is 12.2. The fraction of sp³-hybridized carbons (Fsp3) is 0.312. The van der Waals surface area contributed by atoms with Crippen molar-refractivity contribution < 1.29 is 9.21 Å². The van der Waals surface area contributed by atoms with Crippen LogP contribution in [0.15, 0.2) is 34.7 Å². The van der Waals surface area contributed by atoms with Crippen LogP contribution in [-0.2, 0) is 6.42 Å². The molecule has 0 aliphatic heterocycles. The van der Waals surface area contributed by atoms with E-state index in [1.807, 2.05) is 25.1 Å². The Morgan fingerprint density at radius 1 is 1.35 bits per heavy atom. The number of nitrogens with two attached hydrogens (primary N) is 1. The van der Waals surface area contributed by atoms with Crippen molar-refractivity contribution in [3.8, 4) is 0 Å². The highest BCUT2D eigenvalue weighted by Crippen LogP contribution is 2.31. The van der Waals surface area contributed by atoms with Crippen LogP contribution in [0, 0.1) is 6.92 Å². The van der Waals surface area contributed by atoms with Crippen molar-refractivity contribution in [3.63, 3.8) is 0 Å². The van der Waals surface area contributed by atoms with Gasteiger partial charge < -0.3 is 15.5 Å². The maximum Gasteiger partial charge on any atom is 0.287 e. The van der Waals surface area contributed by atoms with Gasteiger partial charge >= 0.3 is 0 Å². The normalized spacial score (nSPS) is 17.6. The minimum absolute atomic E-state index is 0.0391. The standard InChI is InChI=1S/C16H18N2O2/c1-10-5-8-15(20-10)16(19)18-14-4-2-3-11-9-12(17)6-7-13(11)14/h5-9,14H,2-4,17H2,1H3,(H,18,19). The molecule has 104 valence electrons. The fourth-order valence-corrected chi connectivity index (χ4v) is 2.77. The van der Waals surface area contributed by atoms with E-state index in [2.05, 4.69) is 5.32 Å². The Bertz CT molecular complexity index is 646. The highest BCUT2D eigenvalue weighted by Gasteiger charge is 2.23. The summed E-state index contributed by atoms with van der Waals surface area (Å²) >= 11 is 0. The Morgan fingerprint density at radius 3 is 2.95 bits per heavy atom. The van der Waals surface area contributed by atoms with E-state index < -0.39 is 0 Å². The van der Waals surface area contributed by atoms with E-state index >= 15 is 0 Å². The minimum atomic E-state index is -0.159. The average Bonchev–Trinajstić information content (AvgIpc) is 2.85. The molecule has 0 bridgehead atoms. The number of nitrogens with one attached hydrogen (secondary N) is 1. The van der Waals surface area contributed by atoms with Gasteiger partial charge in [0.25, 0.3) is 5.91 Å². The molecule has 20 heavy (non-hydrogen) atoms. The van der Waals surface area contributed by atoms with Crippen LogP contribution >= 0.6 is 0 Å². The number of anilines is 1. The molecule has 1 aromatic heterocycles. The van der Waals surface area contributed by atoms with Crippen molar-refractivity contribution in [2.75, 3.05) is 5.73 Å². The fourth-order valence-electron chi connectivity index (χ4n) is 2.77. The summed E-state index contributed by atoms with van der Waals surface area (Å²) in [6.45, 7) is 1.83. The SMILES string of the molecule is Cc1ccc(C(=O)NC2CCCc3cc(N)ccc32)o1. The third-order valence-corrected chi connectivity index (χ3v) is 3.75. The number of fused-ring (bicyclic) bond motifs is 1. The molecule has 0 saturated carbocycles. The van der Waals surface area contributed by atoms with Crippen molar-refractivity contribution in [2.24, 2.45) is 0 Å². The van der Waals surface area contributed by atoms with Crippen molar-refractivity contribution in [1.29, 1.82) is 0 Å². The highest BCUT2D eigenvalue weighted by molar-refractivity contribution is 5.91. The number of benzene rings is 1. The Hall–Kier alpha value is -2.23. The second kappa shape index (κ2) is 5.04. The van der Waals surface area contributed by atoms with Crippen LogP contribution in [-0.4, -0.2) is 5.91 Å². The van der Waals surface area contributed by atoms with Crippen LogP contribution in [0.1, 0.15) is 46.3 Å². The second-order valence-corrected chi connectivity index (χ2v) is 5.29. The van der Waals surface area contributed by atoms with Gasteiger partial charge in [0, 0.05) is 5.69 Å². The molecule has 0 fully saturated rings. The first-order valence-corrected chi connectivity index (χ1v) is 6.89. The van der Waals surface area contributed by atoms with Crippen LogP contribution in [0.5, 0.6) is 0 Å². The predicted molar refractivity (Wildman–Crippen MR) is 77.4 cm³/mol. The summed E-state index contributed by atoms with van der Waals surface area (Å²) in [5.74, 6) is 0.949. The van der Waals surface area contributed by atoms with Gasteiger partial charge in [0.15, 0.2) is 5.76 Å². The topological polar surface area (TPSA) is 68.3 Å². The summed E-state index contributed by atoms with van der Waals surface area (Å²) in [4.78, 5) is 12.2. The summed E-state index contributed by atoms with van der Waals surface area (Å²) in [5, 5.41) is 3.05. The number of furan rings is 1. The lowest BCUT2D eigenvalue weighted by atomic mass is 9.87. The predicted octanol–water partition coefficient (Wildman–Crippen LogP) is 2.98. The van der Waals surface area contributed by atoms with Crippen molar-refractivity contribution in [1.82, 2.24) is 5.32 Å². The van der Waals surface area contributed by atoms with Crippen molar-refractivity contribution in [3.05, 3.63) is 53.0 Å². The van der Waals surface area contributed by atoms with Gasteiger partial charge in [-0.25, -0.2) is 0 Å². The van der Waals surface area contributed by atoms with Gasteiger partial charge in [-0.05, 0) is 61.6 Å². The van der Waals surface area contributed by atoms with E-state index in [4.69, 9.17) is 10.2 Å². The highest BCUT2D eigenvalue weighted by atomic mass is 16.3. The average molecular weight is 270 g/mol. The molecule has 3 N–H and O–H groups in total. The van der Waals surface area contributed by atoms with E-state index in [1.54, 1.807) is 12.1 Å². The Kier molecular flexibility index (Phi) is 3.22. The number of aryl methyl sites for hydroxylation is 2. The molecule has 1 amide bonds. The largest absolute Gasteiger partial charge is 0.456 e. The molecule has 3 rings (SSSR count). The van der Waals surface area contributed by atoms with Gasteiger partial charge in [0.05, 0.1) is 6.04 Å². The number of nitrogen functional groups attached to an aromatic ring is 1.